The molecular weight excluding hydrogens is 800 g/mol. The minimum Gasteiger partial charge on any atom is -0.660 e. The number of nitrogens with two attached hydrogens (primary N) is 1. The van der Waals surface area contributed by atoms with Crippen molar-refractivity contribution in [2.75, 3.05) is 49.3 Å². The first-order chi connectivity index (χ1) is 24.4. The van der Waals surface area contributed by atoms with Crippen LogP contribution in [0.1, 0.15) is 24.4 Å². The summed E-state index contributed by atoms with van der Waals surface area (Å²) in [5.41, 5.74) is 7.81. The van der Waals surface area contributed by atoms with Gasteiger partial charge in [-0.3, -0.25) is 13.7 Å². The van der Waals surface area contributed by atoms with Gasteiger partial charge in [0.2, 0.25) is 12.7 Å². The zero-order valence-electron chi connectivity index (χ0n) is 28.3. The first-order valence-corrected chi connectivity index (χ1v) is 20.9. The van der Waals surface area contributed by atoms with Crippen molar-refractivity contribution in [1.29, 1.82) is 0 Å². The van der Waals surface area contributed by atoms with Gasteiger partial charge in [0.1, 0.15) is 59.9 Å². The normalized spacial score (nSPS) is 34.4. The topological polar surface area (TPSA) is 275 Å². The number of imidazole rings is 1. The molecule has 4 aromatic heterocycles. The van der Waals surface area contributed by atoms with Gasteiger partial charge in [-0.2, -0.15) is 9.97 Å². The number of nitrogens with one attached hydrogen (secondary N) is 2. The summed E-state index contributed by atoms with van der Waals surface area (Å²) >= 11 is 10.5. The first kappa shape index (κ1) is 42.0. The Labute approximate surface area is 355 Å². The van der Waals surface area contributed by atoms with Crippen molar-refractivity contribution in [1.82, 2.24) is 34.1 Å². The van der Waals surface area contributed by atoms with Gasteiger partial charge in [-0.1, -0.05) is 0 Å². The molecule has 7 N–H and O–H groups in total. The predicted molar refractivity (Wildman–Crippen MR) is 181 cm³/mol. The van der Waals surface area contributed by atoms with E-state index in [-0.39, 0.29) is 95.2 Å². The molecule has 0 aromatic carbocycles. The summed E-state index contributed by atoms with van der Waals surface area (Å²) < 4.78 is 65.2. The number of nitrogens with zero attached hydrogens (tertiary/aromatic N) is 7. The molecule has 0 saturated carbocycles. The average molecular weight is 833 g/mol. The number of aliphatic hydroxyl groups excluding tert-OH is 3. The fourth-order valence-electron chi connectivity index (χ4n) is 6.63. The fourth-order valence-corrected chi connectivity index (χ4v) is 9.46. The molecule has 4 aliphatic heterocycles. The molecule has 4 aromatic rings. The van der Waals surface area contributed by atoms with Gasteiger partial charge in [0.15, 0.2) is 30.7 Å². The van der Waals surface area contributed by atoms with Crippen LogP contribution in [0.5, 0.6) is 0 Å². The van der Waals surface area contributed by atoms with E-state index in [0.717, 1.165) is 23.9 Å². The minimum atomic E-state index is -4.48. The number of aliphatic hydroxyl groups is 3. The number of fused-ring (bicyclic) bond motifs is 4. The average Bonchev–Trinajstić information content (AvgIpc) is 3.79. The van der Waals surface area contributed by atoms with Gasteiger partial charge in [0, 0.05) is 19.3 Å². The molecule has 3 fully saturated rings. The summed E-state index contributed by atoms with van der Waals surface area (Å²) in [5.74, 6) is 0.713. The van der Waals surface area contributed by atoms with Crippen molar-refractivity contribution in [2.45, 2.75) is 61.9 Å². The van der Waals surface area contributed by atoms with Gasteiger partial charge in [-0.15, -0.1) is 0 Å². The van der Waals surface area contributed by atoms with E-state index in [9.17, 15) is 24.4 Å². The van der Waals surface area contributed by atoms with Gasteiger partial charge < -0.3 is 88.3 Å². The molecule has 276 valence electrons. The molecule has 27 heteroatoms. The Hall–Kier alpha value is -0.630. The molecule has 53 heavy (non-hydrogen) atoms. The van der Waals surface area contributed by atoms with Crippen molar-refractivity contribution in [3.05, 3.63) is 24.4 Å². The van der Waals surface area contributed by atoms with Crippen LogP contribution in [0.4, 0.5) is 17.6 Å². The van der Waals surface area contributed by atoms with Gasteiger partial charge in [-0.05, 0) is 18.4 Å². The van der Waals surface area contributed by atoms with Crippen molar-refractivity contribution in [3.63, 3.8) is 0 Å². The Balaban J connectivity index is 0.00000240. The second-order valence-electron chi connectivity index (χ2n) is 12.2. The molecule has 0 radical (unpaired) electrons. The molecule has 0 spiro atoms. The van der Waals surface area contributed by atoms with E-state index < -0.39 is 75.9 Å². The third-order valence-corrected chi connectivity index (χ3v) is 12.0. The zero-order valence-corrected chi connectivity index (χ0v) is 35.7. The molecule has 2 bridgehead atoms. The van der Waals surface area contributed by atoms with E-state index in [1.54, 1.807) is 10.8 Å². The number of hydrogen-bond acceptors (Lipinski definition) is 21. The summed E-state index contributed by atoms with van der Waals surface area (Å²) in [4.78, 5) is 21.5. The number of nitrogen functional groups attached to an aromatic ring is 1. The molecule has 8 rings (SSSR count). The molecule has 0 amide bonds. The van der Waals surface area contributed by atoms with E-state index in [1.807, 2.05) is 0 Å². The maximum Gasteiger partial charge on any atom is 1.00 e. The first-order valence-electron chi connectivity index (χ1n) is 15.8. The monoisotopic (exact) mass is 832 g/mol. The molecule has 0 aliphatic carbocycles. The van der Waals surface area contributed by atoms with E-state index in [1.165, 1.54) is 17.2 Å². The van der Waals surface area contributed by atoms with E-state index in [0.29, 0.717) is 17.9 Å². The van der Waals surface area contributed by atoms with Crippen LogP contribution in [0.3, 0.4) is 0 Å². The summed E-state index contributed by atoms with van der Waals surface area (Å²) in [5, 5.41) is 38.9. The Bertz CT molecular complexity index is 2070. The summed E-state index contributed by atoms with van der Waals surface area (Å²) in [6.45, 7) is -9.41. The zero-order chi connectivity index (χ0) is 35.7. The van der Waals surface area contributed by atoms with Crippen molar-refractivity contribution < 1.29 is 111 Å². The maximum atomic E-state index is 13.7. The second-order valence-corrected chi connectivity index (χ2v) is 17.6. The van der Waals surface area contributed by atoms with Crippen LogP contribution in [-0.2, 0) is 67.6 Å². The summed E-state index contributed by atoms with van der Waals surface area (Å²) in [6, 6.07) is 0. The molecule has 8 heterocycles. The van der Waals surface area contributed by atoms with Crippen LogP contribution in [0.15, 0.2) is 18.9 Å². The third kappa shape index (κ3) is 8.23. The van der Waals surface area contributed by atoms with Crippen molar-refractivity contribution in [3.8, 4) is 0 Å². The largest absolute Gasteiger partial charge is 1.00 e. The maximum absolute atomic E-state index is 13.7. The Morgan fingerprint density at radius 2 is 1.66 bits per heavy atom. The van der Waals surface area contributed by atoms with Crippen molar-refractivity contribution >= 4 is 77.9 Å². The number of aromatic nitrogens is 7. The van der Waals surface area contributed by atoms with Crippen LogP contribution in [0, 0.1) is 0 Å². The number of hydrogen-bond donors (Lipinski definition) is 6. The van der Waals surface area contributed by atoms with Crippen LogP contribution in [-0.4, -0.2) is 119 Å². The number of aryl methyl sites for hydroxylation is 1. The standard InChI is InChI=1S/C26H34N10O11P2S2.2Na/c27-20-15-23(34-26(33-20)29-4-5-37)36(10-32-15)25-19-16(38)12(44-25)7-42-48(40,50)46-18-13(8-43-49(41,51)47-19)45-24(17(18)39)35-6-11-2-1-3-28-21-14(11)22(35)31-9-30-21;;/h6,9-10,12-13,16-19,24-25,37-39H,1-5,7-8H2,(H,40,50)(H,41,51)(H,28,30,31)(H3,27,29,33,34);;/q;2*+1/p-2/t12-,13-,16-,17-,18-,19-,24-,25-,48?,49?;;/m1../s1. The SMILES string of the molecule is Nc1nc(NCCO)nc2c1ncn2[C@@H]1O[C@@H]2COP(=O)([S-])O[C@H]3[C@@H](O)[C@H](n4cc5c6c(ncnc64)NCCC5)O[C@@H]3COP(=O)([S-])O[C@@H]1[C@@H]2O.[Na+].[Na+]. The van der Waals surface area contributed by atoms with Crippen molar-refractivity contribution in [2.24, 2.45) is 0 Å². The molecule has 2 unspecified atom stereocenters. The number of anilines is 3. The van der Waals surface area contributed by atoms with Gasteiger partial charge >= 0.3 is 59.1 Å². The summed E-state index contributed by atoms with van der Waals surface area (Å²) in [6.07, 6.45) is -4.86. The Kier molecular flexibility index (Phi) is 13.2. The number of rotatable bonds is 5. The van der Waals surface area contributed by atoms with Crippen LogP contribution >= 0.6 is 13.6 Å². The quantitative estimate of drug-likeness (QED) is 0.0621. The van der Waals surface area contributed by atoms with Gasteiger partial charge in [0.25, 0.3) is 0 Å². The van der Waals surface area contributed by atoms with Gasteiger partial charge in [0.05, 0.1) is 31.5 Å². The molecule has 10 atom stereocenters. The fraction of sp³-hybridized carbons (Fsp3) is 0.577. The smallest absolute Gasteiger partial charge is 0.660 e. The predicted octanol–water partition coefficient (Wildman–Crippen LogP) is -5.73. The van der Waals surface area contributed by atoms with E-state index in [2.05, 4.69) is 35.6 Å². The van der Waals surface area contributed by atoms with Gasteiger partial charge in [-0.25, -0.2) is 15.0 Å². The molecule has 3 saturated heterocycles. The third-order valence-electron chi connectivity index (χ3n) is 8.91. The molecule has 21 nitrogen and oxygen atoms in total. The number of ether oxygens (including phenoxy) is 2. The van der Waals surface area contributed by atoms with E-state index >= 15 is 0 Å². The second kappa shape index (κ2) is 16.7. The Morgan fingerprint density at radius 3 is 2.42 bits per heavy atom. The summed E-state index contributed by atoms with van der Waals surface area (Å²) in [7, 11) is 0. The van der Waals surface area contributed by atoms with E-state index in [4.69, 9.17) is 57.8 Å². The Morgan fingerprint density at radius 1 is 0.943 bits per heavy atom. The molecule has 4 aliphatic rings. The van der Waals surface area contributed by atoms with Crippen LogP contribution in [0.25, 0.3) is 22.2 Å². The van der Waals surface area contributed by atoms with Crippen LogP contribution in [0.2, 0.25) is 0 Å². The minimum absolute atomic E-state index is 0. The molecular formula is C26H32N10Na2O11P2S2. The van der Waals surface area contributed by atoms with Crippen LogP contribution < -0.4 is 75.5 Å².